The minimum Gasteiger partial charge on any atom is -0.353 e. The number of nitrogens with one attached hydrogen (secondary N) is 1. The SMILES string of the molecule is CCNC(=O)N1CCN(c2nc(C)nc(CC)c2Cc2cccc(C(F)(F)F)c2)CC1. The summed E-state index contributed by atoms with van der Waals surface area (Å²) >= 11 is 0. The second-order valence-electron chi connectivity index (χ2n) is 7.56. The molecule has 0 unspecified atom stereocenters. The molecule has 1 aliphatic heterocycles. The fraction of sp³-hybridized carbons (Fsp3) is 0.500. The zero-order valence-electron chi connectivity index (χ0n) is 18.1. The Morgan fingerprint density at radius 1 is 1.13 bits per heavy atom. The summed E-state index contributed by atoms with van der Waals surface area (Å²) in [5.41, 5.74) is 1.59. The van der Waals surface area contributed by atoms with Crippen molar-refractivity contribution in [2.45, 2.75) is 39.8 Å². The monoisotopic (exact) mass is 435 g/mol. The number of anilines is 1. The number of alkyl halides is 3. The normalized spacial score (nSPS) is 14.6. The fourth-order valence-electron chi connectivity index (χ4n) is 3.82. The van der Waals surface area contributed by atoms with Crippen molar-refractivity contribution in [1.82, 2.24) is 20.2 Å². The quantitative estimate of drug-likeness (QED) is 0.776. The molecule has 0 spiro atoms. The maximum atomic E-state index is 13.2. The Kier molecular flexibility index (Phi) is 7.02. The molecule has 1 aromatic heterocycles. The Labute approximate surface area is 180 Å². The van der Waals surface area contributed by atoms with Crippen LogP contribution < -0.4 is 10.2 Å². The van der Waals surface area contributed by atoms with Crippen LogP contribution in [0.15, 0.2) is 24.3 Å². The average molecular weight is 435 g/mol. The van der Waals surface area contributed by atoms with Crippen molar-refractivity contribution in [3.63, 3.8) is 0 Å². The van der Waals surface area contributed by atoms with Gasteiger partial charge in [-0.3, -0.25) is 0 Å². The van der Waals surface area contributed by atoms with Gasteiger partial charge in [-0.25, -0.2) is 14.8 Å². The first-order valence-electron chi connectivity index (χ1n) is 10.5. The number of aryl methyl sites for hydroxylation is 2. The first kappa shape index (κ1) is 22.8. The van der Waals surface area contributed by atoms with E-state index in [4.69, 9.17) is 0 Å². The van der Waals surface area contributed by atoms with Crippen LogP contribution in [0.4, 0.5) is 23.8 Å². The second-order valence-corrected chi connectivity index (χ2v) is 7.56. The van der Waals surface area contributed by atoms with Crippen molar-refractivity contribution in [2.75, 3.05) is 37.6 Å². The van der Waals surface area contributed by atoms with E-state index in [-0.39, 0.29) is 6.03 Å². The number of carbonyl (C=O) groups excluding carboxylic acids is 1. The molecule has 168 valence electrons. The molecule has 1 N–H and O–H groups in total. The molecule has 6 nitrogen and oxygen atoms in total. The number of hydrogen-bond acceptors (Lipinski definition) is 4. The van der Waals surface area contributed by atoms with E-state index >= 15 is 0 Å². The molecule has 2 heterocycles. The molecule has 1 saturated heterocycles. The van der Waals surface area contributed by atoms with Gasteiger partial charge in [-0.05, 0) is 31.9 Å². The summed E-state index contributed by atoms with van der Waals surface area (Å²) in [6.07, 6.45) is -3.41. The maximum Gasteiger partial charge on any atom is 0.416 e. The number of benzene rings is 1. The zero-order valence-corrected chi connectivity index (χ0v) is 18.1. The number of carbonyl (C=O) groups is 1. The van der Waals surface area contributed by atoms with Gasteiger partial charge in [0.2, 0.25) is 0 Å². The molecule has 9 heteroatoms. The van der Waals surface area contributed by atoms with Crippen molar-refractivity contribution >= 4 is 11.8 Å². The number of nitrogens with zero attached hydrogens (tertiary/aromatic N) is 4. The van der Waals surface area contributed by atoms with E-state index in [0.717, 1.165) is 23.1 Å². The number of hydrogen-bond donors (Lipinski definition) is 1. The van der Waals surface area contributed by atoms with Crippen LogP contribution in [0.2, 0.25) is 0 Å². The number of amides is 2. The van der Waals surface area contributed by atoms with Crippen molar-refractivity contribution in [3.05, 3.63) is 52.5 Å². The molecule has 1 aliphatic rings. The van der Waals surface area contributed by atoms with Gasteiger partial charge in [0.1, 0.15) is 11.6 Å². The molecule has 1 fully saturated rings. The van der Waals surface area contributed by atoms with Gasteiger partial charge in [0.25, 0.3) is 0 Å². The van der Waals surface area contributed by atoms with E-state index < -0.39 is 11.7 Å². The van der Waals surface area contributed by atoms with E-state index in [1.807, 2.05) is 20.8 Å². The molecule has 3 rings (SSSR count). The number of aromatic nitrogens is 2. The molecule has 31 heavy (non-hydrogen) atoms. The lowest BCUT2D eigenvalue weighted by Gasteiger charge is -2.36. The molecular weight excluding hydrogens is 407 g/mol. The summed E-state index contributed by atoms with van der Waals surface area (Å²) in [7, 11) is 0. The summed E-state index contributed by atoms with van der Waals surface area (Å²) in [4.78, 5) is 25.2. The molecule has 0 bridgehead atoms. The summed E-state index contributed by atoms with van der Waals surface area (Å²) in [5, 5.41) is 2.81. The second kappa shape index (κ2) is 9.53. The van der Waals surface area contributed by atoms with E-state index in [1.54, 1.807) is 11.0 Å². The van der Waals surface area contributed by atoms with Crippen LogP contribution in [-0.2, 0) is 19.0 Å². The molecule has 0 radical (unpaired) electrons. The summed E-state index contributed by atoms with van der Waals surface area (Å²) in [6, 6.07) is 5.32. The minimum absolute atomic E-state index is 0.0838. The van der Waals surface area contributed by atoms with E-state index in [1.165, 1.54) is 12.1 Å². The maximum absolute atomic E-state index is 13.2. The molecule has 0 saturated carbocycles. The van der Waals surface area contributed by atoms with Gasteiger partial charge in [-0.15, -0.1) is 0 Å². The Balaban J connectivity index is 1.89. The van der Waals surface area contributed by atoms with Gasteiger partial charge in [0.05, 0.1) is 5.56 Å². The lowest BCUT2D eigenvalue weighted by molar-refractivity contribution is -0.137. The van der Waals surface area contributed by atoms with Crippen molar-refractivity contribution < 1.29 is 18.0 Å². The number of halogens is 3. The smallest absolute Gasteiger partial charge is 0.353 e. The van der Waals surface area contributed by atoms with Crippen molar-refractivity contribution in [2.24, 2.45) is 0 Å². The third-order valence-electron chi connectivity index (χ3n) is 5.35. The lowest BCUT2D eigenvalue weighted by Crippen LogP contribution is -2.52. The van der Waals surface area contributed by atoms with Gasteiger partial charge in [-0.2, -0.15) is 13.2 Å². The highest BCUT2D eigenvalue weighted by Crippen LogP contribution is 2.31. The predicted molar refractivity (Wildman–Crippen MR) is 113 cm³/mol. The molecule has 1 aromatic carbocycles. The average Bonchev–Trinajstić information content (AvgIpc) is 2.74. The Hall–Kier alpha value is -2.84. The summed E-state index contributed by atoms with van der Waals surface area (Å²) in [6.45, 7) is 8.57. The topological polar surface area (TPSA) is 61.4 Å². The Morgan fingerprint density at radius 3 is 2.45 bits per heavy atom. The third kappa shape index (κ3) is 5.45. The Bertz CT molecular complexity index is 924. The van der Waals surface area contributed by atoms with Gasteiger partial charge < -0.3 is 15.1 Å². The van der Waals surface area contributed by atoms with Crippen LogP contribution in [0.3, 0.4) is 0 Å². The standard InChI is InChI=1S/C22H28F3N5O/c1-4-19-18(14-16-7-6-8-17(13-16)22(23,24)25)20(28-15(3)27-19)29-9-11-30(12-10-29)21(31)26-5-2/h6-8,13H,4-5,9-12,14H2,1-3H3,(H,26,31). The highest BCUT2D eigenvalue weighted by Gasteiger charge is 2.31. The molecule has 0 aliphatic carbocycles. The van der Waals surface area contributed by atoms with Crippen LogP contribution in [0.1, 0.15) is 42.1 Å². The molecule has 2 aromatic rings. The van der Waals surface area contributed by atoms with Crippen molar-refractivity contribution in [1.29, 1.82) is 0 Å². The van der Waals surface area contributed by atoms with Crippen LogP contribution >= 0.6 is 0 Å². The van der Waals surface area contributed by atoms with Gasteiger partial charge in [0, 0.05) is 50.4 Å². The first-order chi connectivity index (χ1) is 14.7. The summed E-state index contributed by atoms with van der Waals surface area (Å²) in [5.74, 6) is 1.38. The van der Waals surface area contributed by atoms with Crippen LogP contribution in [-0.4, -0.2) is 53.6 Å². The van der Waals surface area contributed by atoms with Crippen LogP contribution in [0, 0.1) is 6.92 Å². The van der Waals surface area contributed by atoms with Gasteiger partial charge >= 0.3 is 12.2 Å². The number of urea groups is 1. The lowest BCUT2D eigenvalue weighted by atomic mass is 10.00. The molecule has 2 amide bonds. The fourth-order valence-corrected chi connectivity index (χ4v) is 3.82. The Morgan fingerprint density at radius 2 is 1.84 bits per heavy atom. The number of piperazine rings is 1. The van der Waals surface area contributed by atoms with E-state index in [2.05, 4.69) is 20.2 Å². The van der Waals surface area contributed by atoms with Gasteiger partial charge in [-0.1, -0.05) is 25.1 Å². The first-order valence-corrected chi connectivity index (χ1v) is 10.5. The van der Waals surface area contributed by atoms with E-state index in [9.17, 15) is 18.0 Å². The summed E-state index contributed by atoms with van der Waals surface area (Å²) < 4.78 is 39.5. The molecule has 0 atom stereocenters. The highest BCUT2D eigenvalue weighted by atomic mass is 19.4. The minimum atomic E-state index is -4.38. The van der Waals surface area contributed by atoms with Crippen LogP contribution in [0.25, 0.3) is 0 Å². The van der Waals surface area contributed by atoms with Gasteiger partial charge in [0.15, 0.2) is 0 Å². The predicted octanol–water partition coefficient (Wildman–Crippen LogP) is 3.81. The highest BCUT2D eigenvalue weighted by molar-refractivity contribution is 5.74. The van der Waals surface area contributed by atoms with Crippen molar-refractivity contribution in [3.8, 4) is 0 Å². The molecular formula is C22H28F3N5O. The van der Waals surface area contributed by atoms with E-state index in [0.29, 0.717) is 57.0 Å². The third-order valence-corrected chi connectivity index (χ3v) is 5.35. The largest absolute Gasteiger partial charge is 0.416 e. The van der Waals surface area contributed by atoms with Crippen LogP contribution in [0.5, 0.6) is 0 Å². The number of rotatable bonds is 5. The zero-order chi connectivity index (χ0) is 22.6.